The van der Waals surface area contributed by atoms with E-state index in [2.05, 4.69) is 15.1 Å². The van der Waals surface area contributed by atoms with Crippen LogP contribution in [0.3, 0.4) is 0 Å². The third-order valence-electron chi connectivity index (χ3n) is 4.64. The van der Waals surface area contributed by atoms with E-state index in [0.29, 0.717) is 18.1 Å². The average molecular weight is 368 g/mol. The SMILES string of the molecule is Cc1nc(C)c(CC(=O)N2CCC[C@@H]2c2nc(-c3ccccc3)no2)s1. The minimum absolute atomic E-state index is 0.0960. The van der Waals surface area contributed by atoms with Gasteiger partial charge in [0, 0.05) is 17.0 Å². The smallest absolute Gasteiger partial charge is 0.249 e. The van der Waals surface area contributed by atoms with Gasteiger partial charge in [-0.3, -0.25) is 4.79 Å². The third-order valence-corrected chi connectivity index (χ3v) is 5.72. The van der Waals surface area contributed by atoms with E-state index in [-0.39, 0.29) is 11.9 Å². The molecule has 0 N–H and O–H groups in total. The molecule has 2 aromatic heterocycles. The molecule has 26 heavy (non-hydrogen) atoms. The van der Waals surface area contributed by atoms with Crippen molar-refractivity contribution in [2.45, 2.75) is 39.2 Å². The number of hydrogen-bond acceptors (Lipinski definition) is 6. The Kier molecular flexibility index (Phi) is 4.55. The number of rotatable bonds is 4. The van der Waals surface area contributed by atoms with Gasteiger partial charge in [-0.25, -0.2) is 4.98 Å². The maximum absolute atomic E-state index is 12.9. The summed E-state index contributed by atoms with van der Waals surface area (Å²) in [6.07, 6.45) is 2.18. The first-order chi connectivity index (χ1) is 12.6. The van der Waals surface area contributed by atoms with Gasteiger partial charge in [-0.1, -0.05) is 35.5 Å². The van der Waals surface area contributed by atoms with Crippen LogP contribution < -0.4 is 0 Å². The Bertz CT molecular complexity index is 919. The van der Waals surface area contributed by atoms with Gasteiger partial charge in [0.05, 0.1) is 17.1 Å². The zero-order chi connectivity index (χ0) is 18.1. The first-order valence-corrected chi connectivity index (χ1v) is 9.55. The van der Waals surface area contributed by atoms with Gasteiger partial charge in [-0.05, 0) is 26.7 Å². The molecule has 7 heteroatoms. The predicted octanol–water partition coefficient (Wildman–Crippen LogP) is 3.72. The van der Waals surface area contributed by atoms with Crippen LogP contribution in [-0.2, 0) is 11.2 Å². The van der Waals surface area contributed by atoms with Crippen molar-refractivity contribution in [2.75, 3.05) is 6.54 Å². The topological polar surface area (TPSA) is 72.1 Å². The van der Waals surface area contributed by atoms with Gasteiger partial charge in [0.2, 0.25) is 17.6 Å². The number of benzene rings is 1. The van der Waals surface area contributed by atoms with Crippen LogP contribution in [0.2, 0.25) is 0 Å². The molecule has 0 aliphatic carbocycles. The summed E-state index contributed by atoms with van der Waals surface area (Å²) < 4.78 is 5.50. The van der Waals surface area contributed by atoms with Gasteiger partial charge in [0.25, 0.3) is 0 Å². The number of thiazole rings is 1. The predicted molar refractivity (Wildman–Crippen MR) is 98.7 cm³/mol. The molecule has 4 rings (SSSR count). The molecular weight excluding hydrogens is 348 g/mol. The molecule has 1 aliphatic rings. The fourth-order valence-corrected chi connectivity index (χ4v) is 4.30. The lowest BCUT2D eigenvalue weighted by molar-refractivity contribution is -0.131. The van der Waals surface area contributed by atoms with Gasteiger partial charge in [0.1, 0.15) is 6.04 Å². The average Bonchev–Trinajstić information content (AvgIpc) is 3.35. The number of hydrogen-bond donors (Lipinski definition) is 0. The molecule has 0 bridgehead atoms. The highest BCUT2D eigenvalue weighted by atomic mass is 32.1. The summed E-state index contributed by atoms with van der Waals surface area (Å²) in [5.74, 6) is 1.18. The van der Waals surface area contributed by atoms with Crippen LogP contribution in [0.5, 0.6) is 0 Å². The maximum atomic E-state index is 12.9. The molecule has 1 atom stereocenters. The summed E-state index contributed by atoms with van der Waals surface area (Å²) in [7, 11) is 0. The highest BCUT2D eigenvalue weighted by molar-refractivity contribution is 7.11. The fraction of sp³-hybridized carbons (Fsp3) is 0.368. The van der Waals surface area contributed by atoms with Crippen LogP contribution in [0.1, 0.15) is 40.4 Å². The molecule has 1 amide bonds. The number of carbonyl (C=O) groups is 1. The van der Waals surface area contributed by atoms with Crippen LogP contribution in [0.4, 0.5) is 0 Å². The number of carbonyl (C=O) groups excluding carboxylic acids is 1. The molecule has 0 radical (unpaired) electrons. The zero-order valence-corrected chi connectivity index (χ0v) is 15.6. The monoisotopic (exact) mass is 368 g/mol. The largest absolute Gasteiger partial charge is 0.337 e. The van der Waals surface area contributed by atoms with Crippen LogP contribution in [0.15, 0.2) is 34.9 Å². The highest BCUT2D eigenvalue weighted by Crippen LogP contribution is 2.33. The molecule has 1 fully saturated rings. The number of amides is 1. The Morgan fingerprint density at radius 3 is 2.81 bits per heavy atom. The molecule has 134 valence electrons. The number of nitrogens with zero attached hydrogens (tertiary/aromatic N) is 4. The normalized spacial score (nSPS) is 17.0. The third kappa shape index (κ3) is 3.26. The molecule has 0 unspecified atom stereocenters. The van der Waals surface area contributed by atoms with Crippen molar-refractivity contribution in [3.63, 3.8) is 0 Å². The van der Waals surface area contributed by atoms with Gasteiger partial charge >= 0.3 is 0 Å². The van der Waals surface area contributed by atoms with E-state index in [1.807, 2.05) is 49.1 Å². The minimum atomic E-state index is -0.137. The van der Waals surface area contributed by atoms with Crippen molar-refractivity contribution < 1.29 is 9.32 Å². The van der Waals surface area contributed by atoms with E-state index in [0.717, 1.165) is 40.5 Å². The van der Waals surface area contributed by atoms with Gasteiger partial charge < -0.3 is 9.42 Å². The van der Waals surface area contributed by atoms with Crippen LogP contribution >= 0.6 is 11.3 Å². The van der Waals surface area contributed by atoms with Crippen molar-refractivity contribution in [3.8, 4) is 11.4 Å². The van der Waals surface area contributed by atoms with E-state index < -0.39 is 0 Å². The standard InChI is InChI=1S/C19H20N4O2S/c1-12-16(26-13(2)20-12)11-17(24)23-10-6-9-15(23)19-21-18(22-25-19)14-7-4-3-5-8-14/h3-5,7-8,15H,6,9-11H2,1-2H3/t15-/m1/s1. The van der Waals surface area contributed by atoms with E-state index >= 15 is 0 Å². The molecule has 1 aromatic carbocycles. The Balaban J connectivity index is 1.52. The number of aromatic nitrogens is 3. The fourth-order valence-electron chi connectivity index (χ4n) is 3.37. The number of aryl methyl sites for hydroxylation is 2. The quantitative estimate of drug-likeness (QED) is 0.702. The zero-order valence-electron chi connectivity index (χ0n) is 14.8. The van der Waals surface area contributed by atoms with E-state index in [4.69, 9.17) is 4.52 Å². The lowest BCUT2D eigenvalue weighted by atomic mass is 10.2. The molecule has 3 aromatic rings. The molecule has 0 spiro atoms. The summed E-state index contributed by atoms with van der Waals surface area (Å²) in [6.45, 7) is 4.65. The summed E-state index contributed by atoms with van der Waals surface area (Å²) in [5, 5.41) is 5.09. The molecule has 0 saturated carbocycles. The minimum Gasteiger partial charge on any atom is -0.337 e. The molecule has 1 saturated heterocycles. The Morgan fingerprint density at radius 1 is 1.27 bits per heavy atom. The second-order valence-electron chi connectivity index (χ2n) is 6.49. The molecular formula is C19H20N4O2S. The van der Waals surface area contributed by atoms with E-state index in [1.165, 1.54) is 0 Å². The first-order valence-electron chi connectivity index (χ1n) is 8.73. The van der Waals surface area contributed by atoms with Crippen LogP contribution in [0, 0.1) is 13.8 Å². The second kappa shape index (κ2) is 6.99. The summed E-state index contributed by atoms with van der Waals surface area (Å²) in [4.78, 5) is 24.7. The molecule has 3 heterocycles. The van der Waals surface area contributed by atoms with Crippen molar-refractivity contribution in [1.82, 2.24) is 20.0 Å². The Morgan fingerprint density at radius 2 is 2.08 bits per heavy atom. The van der Waals surface area contributed by atoms with Crippen molar-refractivity contribution in [1.29, 1.82) is 0 Å². The van der Waals surface area contributed by atoms with Crippen molar-refractivity contribution >= 4 is 17.2 Å². The van der Waals surface area contributed by atoms with Crippen molar-refractivity contribution in [3.05, 3.63) is 51.8 Å². The molecule has 6 nitrogen and oxygen atoms in total. The number of likely N-dealkylation sites (tertiary alicyclic amines) is 1. The highest BCUT2D eigenvalue weighted by Gasteiger charge is 2.34. The van der Waals surface area contributed by atoms with E-state index in [9.17, 15) is 4.79 Å². The summed E-state index contributed by atoms with van der Waals surface area (Å²) >= 11 is 1.59. The lowest BCUT2D eigenvalue weighted by Gasteiger charge is -2.21. The van der Waals surface area contributed by atoms with Crippen LogP contribution in [-0.4, -0.2) is 32.5 Å². The van der Waals surface area contributed by atoms with Gasteiger partial charge in [-0.2, -0.15) is 4.98 Å². The Labute approximate surface area is 155 Å². The first kappa shape index (κ1) is 16.9. The van der Waals surface area contributed by atoms with Gasteiger partial charge in [0.15, 0.2) is 0 Å². The van der Waals surface area contributed by atoms with Crippen LogP contribution in [0.25, 0.3) is 11.4 Å². The van der Waals surface area contributed by atoms with E-state index in [1.54, 1.807) is 11.3 Å². The second-order valence-corrected chi connectivity index (χ2v) is 7.77. The van der Waals surface area contributed by atoms with Crippen molar-refractivity contribution in [2.24, 2.45) is 0 Å². The summed E-state index contributed by atoms with van der Waals surface area (Å²) in [6, 6.07) is 9.58. The molecule has 1 aliphatic heterocycles. The maximum Gasteiger partial charge on any atom is 0.249 e. The van der Waals surface area contributed by atoms with Gasteiger partial charge in [-0.15, -0.1) is 11.3 Å². The summed E-state index contributed by atoms with van der Waals surface area (Å²) in [5.41, 5.74) is 1.86. The Hall–Kier alpha value is -2.54. The lowest BCUT2D eigenvalue weighted by Crippen LogP contribution is -2.32.